The van der Waals surface area contributed by atoms with Crippen molar-refractivity contribution >= 4 is 51.7 Å². The van der Waals surface area contributed by atoms with Crippen LogP contribution in [0.1, 0.15) is 5.69 Å². The first-order valence-corrected chi connectivity index (χ1v) is 11.5. The Labute approximate surface area is 193 Å². The Balaban J connectivity index is 1.78. The molecule has 2 amide bonds. The largest absolute Gasteiger partial charge is 0.477 e. The van der Waals surface area contributed by atoms with Gasteiger partial charge < -0.3 is 25.5 Å². The number of amides is 2. The topological polar surface area (TPSA) is 147 Å². The van der Waals surface area contributed by atoms with Crippen LogP contribution in [0, 0.1) is 0 Å². The molecule has 0 saturated carbocycles. The zero-order valence-electron chi connectivity index (χ0n) is 18.1. The molecule has 172 valence electrons. The van der Waals surface area contributed by atoms with Crippen molar-refractivity contribution in [2.75, 3.05) is 46.3 Å². The zero-order chi connectivity index (χ0) is 23.6. The number of allylic oxidation sites excluding steroid dienone is 1. The number of β-lactam (4-membered cyclic amide) rings is 1. The molecule has 1 aromatic rings. The van der Waals surface area contributed by atoms with Gasteiger partial charge in [-0.25, -0.2) is 9.78 Å². The number of likely N-dealkylation sites (N-methyl/N-ethyl adjacent to an activating group) is 1. The first-order chi connectivity index (χ1) is 15.0. The van der Waals surface area contributed by atoms with Crippen molar-refractivity contribution in [3.63, 3.8) is 0 Å². The maximum Gasteiger partial charge on any atom is 0.352 e. The number of thioether (sulfide) groups is 1. The van der Waals surface area contributed by atoms with Crippen LogP contribution in [-0.2, 0) is 19.2 Å². The molecule has 0 bridgehead atoms. The van der Waals surface area contributed by atoms with Crippen molar-refractivity contribution in [3.05, 3.63) is 34.5 Å². The highest BCUT2D eigenvalue weighted by molar-refractivity contribution is 8.00. The van der Waals surface area contributed by atoms with Gasteiger partial charge in [-0.2, -0.15) is 0 Å². The van der Waals surface area contributed by atoms with Crippen molar-refractivity contribution < 1.29 is 28.8 Å². The first kappa shape index (κ1) is 23.8. The number of rotatable bonds is 8. The monoisotopic (exact) mass is 481 g/mol. The number of fused-ring (bicyclic) bond motifs is 1. The number of carboxylic acids is 1. The number of thiazole rings is 1. The second-order valence-electron chi connectivity index (χ2n) is 8.11. The molecule has 13 heteroatoms. The number of carbonyl (C=O) groups excluding carboxylic acids is 2. The van der Waals surface area contributed by atoms with Crippen LogP contribution in [0.15, 0.2) is 34.0 Å². The number of hydrogen-bond donors (Lipinski definition) is 3. The van der Waals surface area contributed by atoms with E-state index < -0.39 is 29.2 Å². The fourth-order valence-electron chi connectivity index (χ4n) is 3.18. The fourth-order valence-corrected chi connectivity index (χ4v) is 5.05. The van der Waals surface area contributed by atoms with Crippen LogP contribution in [0.4, 0.5) is 5.13 Å². The summed E-state index contributed by atoms with van der Waals surface area (Å²) < 4.78 is 0.689. The molecule has 2 aliphatic rings. The number of quaternary nitrogens is 1. The van der Waals surface area contributed by atoms with Crippen LogP contribution in [0.5, 0.6) is 0 Å². The van der Waals surface area contributed by atoms with Crippen molar-refractivity contribution in [2.24, 2.45) is 5.16 Å². The lowest BCUT2D eigenvalue weighted by Gasteiger charge is -2.49. The minimum absolute atomic E-state index is 0.0556. The standard InChI is InChI=1S/C19H24N6O5S2/c1-25(2,3)7-5-6-10-8-31-17-13(16(27)24(17)14(10)18(28)29)22-15(26)12(23-30-4)11-9-32-19(20)21-11/h5-6,9,13,17H,7-8H2,1-4H3,(H3-,20,21,22,26,28,29)/p+1/b6-5?,23-12-/t13?,17-/m0/s1. The summed E-state index contributed by atoms with van der Waals surface area (Å²) in [7, 11) is 7.36. The van der Waals surface area contributed by atoms with Gasteiger partial charge in [0, 0.05) is 11.1 Å². The fraction of sp³-hybridized carbons (Fsp3) is 0.421. The number of nitrogen functional groups attached to an aromatic ring is 1. The number of oxime groups is 1. The Hall–Kier alpha value is -2.90. The molecular weight excluding hydrogens is 456 g/mol. The highest BCUT2D eigenvalue weighted by Gasteiger charge is 2.54. The Bertz CT molecular complexity index is 1030. The van der Waals surface area contributed by atoms with Gasteiger partial charge in [0.2, 0.25) is 0 Å². The Kier molecular flexibility index (Phi) is 6.91. The molecule has 1 fully saturated rings. The Morgan fingerprint density at radius 3 is 2.75 bits per heavy atom. The zero-order valence-corrected chi connectivity index (χ0v) is 19.7. The van der Waals surface area contributed by atoms with E-state index in [1.165, 1.54) is 23.8 Å². The SMILES string of the molecule is CO/N=C(\C(=O)NC1C(=O)N2C(C(=O)O)=C(C=CC[N+](C)(C)C)CS[C@@H]12)c1csc(N)n1. The predicted octanol–water partition coefficient (Wildman–Crippen LogP) is 0.0768. The summed E-state index contributed by atoms with van der Waals surface area (Å²) in [6.45, 7) is 0.708. The summed E-state index contributed by atoms with van der Waals surface area (Å²) >= 11 is 2.52. The van der Waals surface area contributed by atoms with Crippen LogP contribution in [0.25, 0.3) is 0 Å². The van der Waals surface area contributed by atoms with Crippen molar-refractivity contribution in [2.45, 2.75) is 11.4 Å². The lowest BCUT2D eigenvalue weighted by atomic mass is 10.0. The maximum atomic E-state index is 12.8. The first-order valence-electron chi connectivity index (χ1n) is 9.55. The predicted molar refractivity (Wildman–Crippen MR) is 122 cm³/mol. The number of nitrogens with zero attached hydrogens (tertiary/aromatic N) is 4. The van der Waals surface area contributed by atoms with Gasteiger partial charge in [-0.05, 0) is 11.6 Å². The van der Waals surface area contributed by atoms with Crippen LogP contribution < -0.4 is 11.1 Å². The number of hydrogen-bond acceptors (Lipinski definition) is 9. The van der Waals surface area contributed by atoms with Crippen LogP contribution in [0.2, 0.25) is 0 Å². The van der Waals surface area contributed by atoms with Gasteiger partial charge in [0.1, 0.15) is 29.9 Å². The Morgan fingerprint density at radius 2 is 2.19 bits per heavy atom. The van der Waals surface area contributed by atoms with Crippen molar-refractivity contribution in [1.82, 2.24) is 15.2 Å². The quantitative estimate of drug-likeness (QED) is 0.205. The lowest BCUT2D eigenvalue weighted by molar-refractivity contribution is -0.864. The third kappa shape index (κ3) is 4.95. The van der Waals surface area contributed by atoms with Gasteiger partial charge in [0.25, 0.3) is 11.8 Å². The van der Waals surface area contributed by atoms with E-state index in [1.54, 1.807) is 11.5 Å². The highest BCUT2D eigenvalue weighted by Crippen LogP contribution is 2.40. The van der Waals surface area contributed by atoms with Gasteiger partial charge in [-0.15, -0.1) is 23.1 Å². The average molecular weight is 482 g/mol. The molecule has 4 N–H and O–H groups in total. The number of nitrogens with two attached hydrogens (primary N) is 1. The molecule has 3 rings (SSSR count). The minimum atomic E-state index is -1.18. The molecule has 32 heavy (non-hydrogen) atoms. The molecule has 0 radical (unpaired) electrons. The molecule has 1 aromatic heterocycles. The molecule has 0 spiro atoms. The van der Waals surface area contributed by atoms with Gasteiger partial charge in [0.15, 0.2) is 10.8 Å². The summed E-state index contributed by atoms with van der Waals surface area (Å²) in [5.74, 6) is -1.94. The lowest BCUT2D eigenvalue weighted by Crippen LogP contribution is -2.71. The normalized spacial score (nSPS) is 21.4. The molecule has 11 nitrogen and oxygen atoms in total. The molecule has 1 saturated heterocycles. The highest BCUT2D eigenvalue weighted by atomic mass is 32.2. The third-order valence-electron chi connectivity index (χ3n) is 4.62. The van der Waals surface area contributed by atoms with Gasteiger partial charge in [-0.1, -0.05) is 11.2 Å². The minimum Gasteiger partial charge on any atom is -0.477 e. The smallest absolute Gasteiger partial charge is 0.352 e. The summed E-state index contributed by atoms with van der Waals surface area (Å²) in [5.41, 5.74) is 6.23. The van der Waals surface area contributed by atoms with E-state index in [2.05, 4.69) is 15.5 Å². The summed E-state index contributed by atoms with van der Waals surface area (Å²) in [5, 5.41) is 17.3. The van der Waals surface area contributed by atoms with Crippen LogP contribution in [-0.4, -0.2) is 94.9 Å². The molecule has 1 unspecified atom stereocenters. The average Bonchev–Trinajstić information content (AvgIpc) is 3.14. The van der Waals surface area contributed by atoms with Gasteiger partial charge in [-0.3, -0.25) is 14.5 Å². The number of aromatic nitrogens is 1. The second kappa shape index (κ2) is 9.30. The van der Waals surface area contributed by atoms with Crippen LogP contribution >= 0.6 is 23.1 Å². The Morgan fingerprint density at radius 1 is 1.47 bits per heavy atom. The van der Waals surface area contributed by atoms with E-state index in [0.29, 0.717) is 22.4 Å². The molecule has 0 aromatic carbocycles. The molecule has 3 heterocycles. The third-order valence-corrected chi connectivity index (χ3v) is 6.60. The van der Waals surface area contributed by atoms with Gasteiger partial charge in [0.05, 0.1) is 27.7 Å². The van der Waals surface area contributed by atoms with Crippen LogP contribution in [0.3, 0.4) is 0 Å². The molecule has 2 atom stereocenters. The number of nitrogens with one attached hydrogen (secondary N) is 1. The van der Waals surface area contributed by atoms with Crippen molar-refractivity contribution in [3.8, 4) is 0 Å². The molecule has 2 aliphatic heterocycles. The summed E-state index contributed by atoms with van der Waals surface area (Å²) in [6, 6.07) is -0.892. The van der Waals surface area contributed by atoms with E-state index >= 15 is 0 Å². The van der Waals surface area contributed by atoms with E-state index in [0.717, 1.165) is 11.3 Å². The number of anilines is 1. The number of carboxylic acid groups (broad SMARTS) is 1. The molecular formula is C19H25N6O5S2+. The van der Waals surface area contributed by atoms with Gasteiger partial charge >= 0.3 is 5.97 Å². The van der Waals surface area contributed by atoms with E-state index in [-0.39, 0.29) is 22.2 Å². The van der Waals surface area contributed by atoms with Crippen molar-refractivity contribution in [1.29, 1.82) is 0 Å². The summed E-state index contributed by atoms with van der Waals surface area (Å²) in [6.07, 6.45) is 3.65. The molecule has 0 aliphatic carbocycles. The van der Waals surface area contributed by atoms with E-state index in [9.17, 15) is 19.5 Å². The maximum absolute atomic E-state index is 12.8. The number of carbonyl (C=O) groups is 3. The van der Waals surface area contributed by atoms with E-state index in [4.69, 9.17) is 10.6 Å². The number of aliphatic carboxylic acids is 1. The van der Waals surface area contributed by atoms with E-state index in [1.807, 2.05) is 27.2 Å². The summed E-state index contributed by atoms with van der Waals surface area (Å²) in [4.78, 5) is 47.5. The second-order valence-corrected chi connectivity index (χ2v) is 10.1.